The number of aliphatic hydroxyl groups is 1. The number of fused-ring (bicyclic) bond motifs is 1. The first-order valence-electron chi connectivity index (χ1n) is 7.25. The third-order valence-electron chi connectivity index (χ3n) is 4.24. The van der Waals surface area contributed by atoms with Crippen molar-refractivity contribution >= 4 is 43.8 Å². The number of benzene rings is 1. The van der Waals surface area contributed by atoms with E-state index < -0.39 is 6.17 Å². The molecule has 1 aromatic heterocycles. The fourth-order valence-corrected chi connectivity index (χ4v) is 4.21. The maximum Gasteiger partial charge on any atom is 0.309 e. The normalized spacial score (nSPS) is 18.6. The molecule has 1 aliphatic heterocycles. The Labute approximate surface area is 140 Å². The van der Waals surface area contributed by atoms with Crippen LogP contribution in [-0.4, -0.2) is 40.6 Å². The molecular weight excluding hydrogens is 368 g/mol. The molecule has 7 heteroatoms. The highest BCUT2D eigenvalue weighted by molar-refractivity contribution is 9.10. The van der Waals surface area contributed by atoms with Gasteiger partial charge in [-0.05, 0) is 37.0 Å². The van der Waals surface area contributed by atoms with Gasteiger partial charge < -0.3 is 5.11 Å². The number of aldehydes is 1. The van der Waals surface area contributed by atoms with Gasteiger partial charge >= 0.3 is 4.87 Å². The van der Waals surface area contributed by atoms with Crippen LogP contribution in [0.5, 0.6) is 0 Å². The van der Waals surface area contributed by atoms with Crippen molar-refractivity contribution in [2.45, 2.75) is 19.0 Å². The second-order valence-corrected chi connectivity index (χ2v) is 7.47. The van der Waals surface area contributed by atoms with Gasteiger partial charge in [-0.3, -0.25) is 19.1 Å². The lowest BCUT2D eigenvalue weighted by Crippen LogP contribution is -2.42. The van der Waals surface area contributed by atoms with Crippen LogP contribution in [0.2, 0.25) is 0 Å². The summed E-state index contributed by atoms with van der Waals surface area (Å²) >= 11 is 4.58. The maximum atomic E-state index is 12.4. The number of nitrogens with zero attached hydrogens (tertiary/aromatic N) is 2. The Hall–Kier alpha value is -1.02. The summed E-state index contributed by atoms with van der Waals surface area (Å²) in [5.41, 5.74) is 0.783. The van der Waals surface area contributed by atoms with Crippen LogP contribution in [0.3, 0.4) is 0 Å². The molecule has 118 valence electrons. The second kappa shape index (κ2) is 6.62. The van der Waals surface area contributed by atoms with Gasteiger partial charge in [-0.15, -0.1) is 0 Å². The second-order valence-electron chi connectivity index (χ2n) is 5.56. The number of carbonyl (C=O) groups is 1. The molecule has 0 aliphatic carbocycles. The number of halogens is 1. The first-order valence-corrected chi connectivity index (χ1v) is 8.85. The van der Waals surface area contributed by atoms with Crippen LogP contribution in [0.15, 0.2) is 27.5 Å². The van der Waals surface area contributed by atoms with Crippen molar-refractivity contribution in [3.63, 3.8) is 0 Å². The minimum absolute atomic E-state index is 0.116. The smallest absolute Gasteiger partial charge is 0.309 e. The number of hydrogen-bond acceptors (Lipinski definition) is 5. The first kappa shape index (κ1) is 15.9. The van der Waals surface area contributed by atoms with Crippen LogP contribution in [0.1, 0.15) is 19.0 Å². The molecule has 1 fully saturated rings. The first-order chi connectivity index (χ1) is 10.6. The average molecular weight is 385 g/mol. The molecule has 2 aromatic rings. The summed E-state index contributed by atoms with van der Waals surface area (Å²) < 4.78 is 3.34. The standard InChI is InChI=1S/C15H17BrN2O3S/c16-11-1-2-13-12(7-11)18(15(21)22-13)14(9-20)17-5-3-10(8-19)4-6-17/h1-2,7,9-10,14,19H,3-6,8H2. The lowest BCUT2D eigenvalue weighted by molar-refractivity contribution is -0.116. The molecule has 1 aliphatic rings. The van der Waals surface area contributed by atoms with Gasteiger partial charge in [-0.2, -0.15) is 0 Å². The van der Waals surface area contributed by atoms with Crippen LogP contribution < -0.4 is 4.87 Å². The van der Waals surface area contributed by atoms with Crippen molar-refractivity contribution in [3.05, 3.63) is 32.3 Å². The SMILES string of the molecule is O=CC(N1CCC(CO)CC1)n1c(=O)sc2ccc(Br)cc21. The van der Waals surface area contributed by atoms with Gasteiger partial charge in [0.05, 0.1) is 10.2 Å². The summed E-state index contributed by atoms with van der Waals surface area (Å²) in [4.78, 5) is 25.9. The van der Waals surface area contributed by atoms with E-state index in [9.17, 15) is 14.7 Å². The van der Waals surface area contributed by atoms with Crippen LogP contribution in [-0.2, 0) is 4.79 Å². The molecule has 0 saturated carbocycles. The molecule has 22 heavy (non-hydrogen) atoms. The van der Waals surface area contributed by atoms with Crippen molar-refractivity contribution in [2.75, 3.05) is 19.7 Å². The van der Waals surface area contributed by atoms with Gasteiger partial charge in [-0.1, -0.05) is 27.3 Å². The Balaban J connectivity index is 1.97. The van der Waals surface area contributed by atoms with Crippen molar-refractivity contribution in [3.8, 4) is 0 Å². The number of rotatable bonds is 4. The molecule has 1 N–H and O–H groups in total. The van der Waals surface area contributed by atoms with Crippen LogP contribution in [0.4, 0.5) is 0 Å². The summed E-state index contributed by atoms with van der Waals surface area (Å²) in [6.07, 6.45) is 1.96. The Kier molecular flexibility index (Phi) is 4.77. The fourth-order valence-electron chi connectivity index (χ4n) is 2.97. The van der Waals surface area contributed by atoms with Gasteiger partial charge in [0.25, 0.3) is 0 Å². The van der Waals surface area contributed by atoms with Crippen LogP contribution in [0, 0.1) is 5.92 Å². The zero-order valence-electron chi connectivity index (χ0n) is 11.9. The Bertz CT molecular complexity index is 734. The van der Waals surface area contributed by atoms with E-state index in [1.54, 1.807) is 4.57 Å². The lowest BCUT2D eigenvalue weighted by atomic mass is 9.97. The Morgan fingerprint density at radius 2 is 2.14 bits per heavy atom. The predicted molar refractivity (Wildman–Crippen MR) is 90.3 cm³/mol. The van der Waals surface area contributed by atoms with Gasteiger partial charge in [0.15, 0.2) is 6.29 Å². The van der Waals surface area contributed by atoms with E-state index in [0.29, 0.717) is 19.0 Å². The molecule has 3 rings (SSSR count). The van der Waals surface area contributed by atoms with E-state index in [1.807, 2.05) is 23.1 Å². The third-order valence-corrected chi connectivity index (χ3v) is 5.67. The molecule has 1 unspecified atom stereocenters. The van der Waals surface area contributed by atoms with E-state index in [-0.39, 0.29) is 11.5 Å². The van der Waals surface area contributed by atoms with Gasteiger partial charge in [-0.25, -0.2) is 0 Å². The highest BCUT2D eigenvalue weighted by atomic mass is 79.9. The number of hydrogen-bond donors (Lipinski definition) is 1. The minimum atomic E-state index is -0.574. The van der Waals surface area contributed by atoms with E-state index >= 15 is 0 Å². The quantitative estimate of drug-likeness (QED) is 0.820. The largest absolute Gasteiger partial charge is 0.396 e. The number of thiazole rings is 1. The average Bonchev–Trinajstić information content (AvgIpc) is 2.85. The predicted octanol–water partition coefficient (Wildman–Crippen LogP) is 2.23. The van der Waals surface area contributed by atoms with Crippen molar-refractivity contribution in [2.24, 2.45) is 5.92 Å². The molecule has 5 nitrogen and oxygen atoms in total. The molecule has 1 aromatic carbocycles. The summed E-state index contributed by atoms with van der Waals surface area (Å²) in [6, 6.07) is 5.66. The molecule has 2 heterocycles. The van der Waals surface area contributed by atoms with Gasteiger partial charge in [0.2, 0.25) is 0 Å². The number of carbonyl (C=O) groups excluding carboxylic acids is 1. The summed E-state index contributed by atoms with van der Waals surface area (Å²) in [7, 11) is 0. The Morgan fingerprint density at radius 3 is 2.77 bits per heavy atom. The minimum Gasteiger partial charge on any atom is -0.396 e. The monoisotopic (exact) mass is 384 g/mol. The molecule has 0 spiro atoms. The summed E-state index contributed by atoms with van der Waals surface area (Å²) in [5, 5.41) is 9.23. The summed E-state index contributed by atoms with van der Waals surface area (Å²) in [6.45, 7) is 1.62. The number of likely N-dealkylation sites (tertiary alicyclic amines) is 1. The highest BCUT2D eigenvalue weighted by Crippen LogP contribution is 2.27. The van der Waals surface area contributed by atoms with E-state index in [2.05, 4.69) is 15.9 Å². The maximum absolute atomic E-state index is 12.4. The van der Waals surface area contributed by atoms with E-state index in [0.717, 1.165) is 45.2 Å². The molecule has 0 bridgehead atoms. The molecule has 1 atom stereocenters. The van der Waals surface area contributed by atoms with Crippen LogP contribution >= 0.6 is 27.3 Å². The number of piperidine rings is 1. The Morgan fingerprint density at radius 1 is 1.41 bits per heavy atom. The zero-order valence-corrected chi connectivity index (χ0v) is 14.3. The van der Waals surface area contributed by atoms with Crippen molar-refractivity contribution in [1.29, 1.82) is 0 Å². The molecule has 0 radical (unpaired) electrons. The van der Waals surface area contributed by atoms with Gasteiger partial charge in [0.1, 0.15) is 6.17 Å². The third kappa shape index (κ3) is 2.90. The van der Waals surface area contributed by atoms with Crippen molar-refractivity contribution < 1.29 is 9.90 Å². The fraction of sp³-hybridized carbons (Fsp3) is 0.467. The van der Waals surface area contributed by atoms with E-state index in [4.69, 9.17) is 0 Å². The molecule has 0 amide bonds. The van der Waals surface area contributed by atoms with Crippen molar-refractivity contribution in [1.82, 2.24) is 9.47 Å². The highest BCUT2D eigenvalue weighted by Gasteiger charge is 2.27. The van der Waals surface area contributed by atoms with Gasteiger partial charge in [0, 0.05) is 24.2 Å². The van der Waals surface area contributed by atoms with Crippen LogP contribution in [0.25, 0.3) is 10.2 Å². The lowest BCUT2D eigenvalue weighted by Gasteiger charge is -2.35. The number of aliphatic hydroxyl groups excluding tert-OH is 1. The molecule has 1 saturated heterocycles. The number of aromatic nitrogens is 1. The zero-order chi connectivity index (χ0) is 15.7. The van der Waals surface area contributed by atoms with E-state index in [1.165, 1.54) is 0 Å². The topological polar surface area (TPSA) is 62.5 Å². The summed E-state index contributed by atoms with van der Waals surface area (Å²) in [5.74, 6) is 0.300. The molecular formula is C15H17BrN2O3S.